The average Bonchev–Trinajstić information content (AvgIpc) is 3.11. The molecule has 0 amide bonds. The molecule has 134 valence electrons. The van der Waals surface area contributed by atoms with Crippen LogP contribution in [0.15, 0.2) is 84.1 Å². The van der Waals surface area contributed by atoms with Crippen LogP contribution >= 0.6 is 0 Å². The molecular weight excluding hydrogens is 336 g/mol. The number of hydrogen-bond acceptors (Lipinski definition) is 3. The van der Waals surface area contributed by atoms with E-state index in [9.17, 15) is 0 Å². The fourth-order valence-electron chi connectivity index (χ4n) is 3.17. The van der Waals surface area contributed by atoms with Gasteiger partial charge in [-0.05, 0) is 35.4 Å². The molecule has 0 saturated heterocycles. The third-order valence-corrected chi connectivity index (χ3v) is 4.52. The second-order valence-corrected chi connectivity index (χ2v) is 6.13. The van der Waals surface area contributed by atoms with Gasteiger partial charge in [-0.15, -0.1) is 0 Å². The first-order chi connectivity index (χ1) is 13.3. The zero-order valence-corrected chi connectivity index (χ0v) is 15.3. The predicted octanol–water partition coefficient (Wildman–Crippen LogP) is 5.21. The van der Waals surface area contributed by atoms with Crippen LogP contribution in [0, 0.1) is 0 Å². The van der Waals surface area contributed by atoms with Gasteiger partial charge in [0.05, 0.1) is 26.0 Å². The minimum atomic E-state index is 0.684. The van der Waals surface area contributed by atoms with Crippen molar-refractivity contribution >= 4 is 17.1 Å². The first kappa shape index (κ1) is 16.9. The van der Waals surface area contributed by atoms with Crippen LogP contribution in [0.4, 0.5) is 0 Å². The summed E-state index contributed by atoms with van der Waals surface area (Å²) >= 11 is 0. The SMILES string of the molecule is COc1ccc(C=Nn2cc(-c3ccccc3)c3ccccc32)cc1OC. The third kappa shape index (κ3) is 3.29. The molecule has 4 heteroatoms. The van der Waals surface area contributed by atoms with E-state index < -0.39 is 0 Å². The molecule has 4 rings (SSSR count). The Hall–Kier alpha value is -3.53. The van der Waals surface area contributed by atoms with Gasteiger partial charge >= 0.3 is 0 Å². The van der Waals surface area contributed by atoms with Gasteiger partial charge < -0.3 is 9.47 Å². The van der Waals surface area contributed by atoms with Crippen molar-refractivity contribution in [1.29, 1.82) is 0 Å². The molecule has 4 aromatic rings. The number of para-hydroxylation sites is 1. The number of rotatable bonds is 5. The van der Waals surface area contributed by atoms with E-state index >= 15 is 0 Å². The van der Waals surface area contributed by atoms with E-state index in [0.29, 0.717) is 11.5 Å². The van der Waals surface area contributed by atoms with Crippen LogP contribution in [0.2, 0.25) is 0 Å². The lowest BCUT2D eigenvalue weighted by atomic mass is 10.1. The van der Waals surface area contributed by atoms with Crippen molar-refractivity contribution < 1.29 is 9.47 Å². The van der Waals surface area contributed by atoms with Crippen LogP contribution in [-0.2, 0) is 0 Å². The second-order valence-electron chi connectivity index (χ2n) is 6.13. The van der Waals surface area contributed by atoms with Crippen LogP contribution in [-0.4, -0.2) is 25.1 Å². The van der Waals surface area contributed by atoms with Crippen LogP contribution in [0.1, 0.15) is 5.56 Å². The van der Waals surface area contributed by atoms with Gasteiger partial charge in [-0.1, -0.05) is 48.5 Å². The highest BCUT2D eigenvalue weighted by Gasteiger charge is 2.09. The highest BCUT2D eigenvalue weighted by atomic mass is 16.5. The maximum absolute atomic E-state index is 5.37. The lowest BCUT2D eigenvalue weighted by molar-refractivity contribution is 0.355. The van der Waals surface area contributed by atoms with Crippen molar-refractivity contribution in [3.63, 3.8) is 0 Å². The van der Waals surface area contributed by atoms with Crippen molar-refractivity contribution in [2.75, 3.05) is 14.2 Å². The summed E-state index contributed by atoms with van der Waals surface area (Å²) in [5.74, 6) is 1.39. The van der Waals surface area contributed by atoms with Gasteiger partial charge in [-0.25, -0.2) is 4.68 Å². The summed E-state index contributed by atoms with van der Waals surface area (Å²) in [6.45, 7) is 0. The summed E-state index contributed by atoms with van der Waals surface area (Å²) in [6.07, 6.45) is 3.89. The standard InChI is InChI=1S/C23H20N2O2/c1-26-22-13-12-17(14-23(22)27-2)15-24-25-16-20(18-8-4-3-5-9-18)19-10-6-7-11-21(19)25/h3-16H,1-2H3. The molecule has 1 heterocycles. The van der Waals surface area contributed by atoms with E-state index in [1.54, 1.807) is 14.2 Å². The highest BCUT2D eigenvalue weighted by molar-refractivity contribution is 5.96. The Balaban J connectivity index is 1.76. The second kappa shape index (κ2) is 7.38. The summed E-state index contributed by atoms with van der Waals surface area (Å²) in [5.41, 5.74) is 4.34. The Morgan fingerprint density at radius 1 is 0.815 bits per heavy atom. The van der Waals surface area contributed by atoms with Gasteiger partial charge in [0.1, 0.15) is 0 Å². The molecule has 0 bridgehead atoms. The molecule has 0 saturated carbocycles. The average molecular weight is 356 g/mol. The summed E-state index contributed by atoms with van der Waals surface area (Å²) in [6, 6.07) is 24.4. The molecule has 27 heavy (non-hydrogen) atoms. The molecule has 0 aliphatic carbocycles. The van der Waals surface area contributed by atoms with Crippen molar-refractivity contribution in [3.05, 3.63) is 84.6 Å². The fourth-order valence-corrected chi connectivity index (χ4v) is 3.17. The van der Waals surface area contributed by atoms with E-state index in [0.717, 1.165) is 16.6 Å². The van der Waals surface area contributed by atoms with E-state index in [4.69, 9.17) is 9.47 Å². The van der Waals surface area contributed by atoms with Gasteiger partial charge in [0, 0.05) is 17.1 Å². The Kier molecular flexibility index (Phi) is 4.62. The predicted molar refractivity (Wildman–Crippen MR) is 110 cm³/mol. The smallest absolute Gasteiger partial charge is 0.161 e. The maximum Gasteiger partial charge on any atom is 0.161 e. The Bertz CT molecular complexity index is 1100. The Morgan fingerprint density at radius 3 is 2.33 bits per heavy atom. The van der Waals surface area contributed by atoms with Crippen molar-refractivity contribution in [3.8, 4) is 22.6 Å². The van der Waals surface area contributed by atoms with E-state index in [2.05, 4.69) is 41.6 Å². The fraction of sp³-hybridized carbons (Fsp3) is 0.0870. The molecule has 0 fully saturated rings. The topological polar surface area (TPSA) is 35.8 Å². The zero-order chi connectivity index (χ0) is 18.6. The minimum Gasteiger partial charge on any atom is -0.493 e. The van der Waals surface area contributed by atoms with Crippen molar-refractivity contribution in [2.24, 2.45) is 5.10 Å². The van der Waals surface area contributed by atoms with E-state index in [1.807, 2.05) is 53.4 Å². The lowest BCUT2D eigenvalue weighted by Gasteiger charge is -2.07. The summed E-state index contributed by atoms with van der Waals surface area (Å²) in [4.78, 5) is 0. The molecule has 0 N–H and O–H groups in total. The highest BCUT2D eigenvalue weighted by Crippen LogP contribution is 2.31. The molecule has 3 aromatic carbocycles. The summed E-state index contributed by atoms with van der Waals surface area (Å²) in [5, 5.41) is 5.85. The van der Waals surface area contributed by atoms with Gasteiger partial charge in [-0.3, -0.25) is 0 Å². The maximum atomic E-state index is 5.37. The Labute approximate surface area is 158 Å². The number of methoxy groups -OCH3 is 2. The number of nitrogens with zero attached hydrogens (tertiary/aromatic N) is 2. The van der Waals surface area contributed by atoms with Crippen molar-refractivity contribution in [2.45, 2.75) is 0 Å². The Morgan fingerprint density at radius 2 is 1.56 bits per heavy atom. The quantitative estimate of drug-likeness (QED) is 0.460. The lowest BCUT2D eigenvalue weighted by Crippen LogP contribution is -1.93. The number of hydrogen-bond donors (Lipinski definition) is 0. The molecule has 0 aliphatic rings. The van der Waals surface area contributed by atoms with Crippen LogP contribution in [0.5, 0.6) is 11.5 Å². The largest absolute Gasteiger partial charge is 0.493 e. The molecule has 4 nitrogen and oxygen atoms in total. The first-order valence-corrected chi connectivity index (χ1v) is 8.72. The first-order valence-electron chi connectivity index (χ1n) is 8.72. The van der Waals surface area contributed by atoms with Crippen LogP contribution in [0.25, 0.3) is 22.0 Å². The number of aromatic nitrogens is 1. The number of ether oxygens (including phenoxy) is 2. The van der Waals surface area contributed by atoms with E-state index in [1.165, 1.54) is 10.9 Å². The molecule has 0 radical (unpaired) electrons. The summed E-state index contributed by atoms with van der Waals surface area (Å²) in [7, 11) is 3.26. The normalized spacial score (nSPS) is 11.2. The zero-order valence-electron chi connectivity index (χ0n) is 15.3. The van der Waals surface area contributed by atoms with E-state index in [-0.39, 0.29) is 0 Å². The number of benzene rings is 3. The molecule has 0 spiro atoms. The van der Waals surface area contributed by atoms with Crippen molar-refractivity contribution in [1.82, 2.24) is 4.68 Å². The van der Waals surface area contributed by atoms with Crippen LogP contribution < -0.4 is 9.47 Å². The third-order valence-electron chi connectivity index (χ3n) is 4.52. The van der Waals surface area contributed by atoms with Gasteiger partial charge in [0.25, 0.3) is 0 Å². The van der Waals surface area contributed by atoms with Gasteiger partial charge in [0.2, 0.25) is 0 Å². The molecule has 0 aliphatic heterocycles. The molecule has 1 aromatic heterocycles. The van der Waals surface area contributed by atoms with Crippen LogP contribution in [0.3, 0.4) is 0 Å². The number of fused-ring (bicyclic) bond motifs is 1. The molecule has 0 atom stereocenters. The molecule has 0 unspecified atom stereocenters. The monoisotopic (exact) mass is 356 g/mol. The minimum absolute atomic E-state index is 0.684. The van der Waals surface area contributed by atoms with Gasteiger partial charge in [0.15, 0.2) is 11.5 Å². The summed E-state index contributed by atoms with van der Waals surface area (Å²) < 4.78 is 12.6. The van der Waals surface area contributed by atoms with Gasteiger partial charge in [-0.2, -0.15) is 5.10 Å². The molecular formula is C23H20N2O2.